The van der Waals surface area contributed by atoms with Crippen molar-refractivity contribution in [1.82, 2.24) is 9.78 Å². The first-order valence-electron chi connectivity index (χ1n) is 4.90. The van der Waals surface area contributed by atoms with E-state index in [0.717, 1.165) is 25.5 Å². The first-order valence-corrected chi connectivity index (χ1v) is 4.90. The van der Waals surface area contributed by atoms with Crippen LogP contribution in [-0.2, 0) is 4.79 Å². The molecule has 0 aliphatic heterocycles. The van der Waals surface area contributed by atoms with Crippen LogP contribution in [0.3, 0.4) is 0 Å². The van der Waals surface area contributed by atoms with Gasteiger partial charge in [-0.05, 0) is 19.3 Å². The number of halogens is 2. The molecule has 17 heavy (non-hydrogen) atoms. The van der Waals surface area contributed by atoms with E-state index in [1.807, 2.05) is 6.79 Å². The van der Waals surface area contributed by atoms with Gasteiger partial charge in [0.2, 0.25) is 5.69 Å². The third-order valence-electron chi connectivity index (χ3n) is 2.59. The van der Waals surface area contributed by atoms with Gasteiger partial charge in [-0.1, -0.05) is 0 Å². The standard InChI is InChI=1S/C8H9F2N3O2.CH2O/c9-8(10)7-6(13(14)15)4-12(11-7)5-2-1-3-5;1-2/h4-5,8H,1-3H2;1H2. The van der Waals surface area contributed by atoms with Crippen LogP contribution in [0, 0.1) is 10.1 Å². The van der Waals surface area contributed by atoms with Crippen LogP contribution >= 0.6 is 0 Å². The highest BCUT2D eigenvalue weighted by Gasteiger charge is 2.30. The Kier molecular flexibility index (Phi) is 4.24. The molecule has 0 unspecified atom stereocenters. The van der Waals surface area contributed by atoms with Crippen LogP contribution in [0.25, 0.3) is 0 Å². The molecule has 1 saturated carbocycles. The SMILES string of the molecule is C=O.O=[N+]([O-])c1cn(C2CCC2)nc1C(F)F. The highest BCUT2D eigenvalue weighted by Crippen LogP contribution is 2.35. The maximum absolute atomic E-state index is 12.4. The number of hydrogen-bond acceptors (Lipinski definition) is 4. The minimum absolute atomic E-state index is 0.0520. The molecule has 1 heterocycles. The van der Waals surface area contributed by atoms with Gasteiger partial charge in [-0.2, -0.15) is 5.10 Å². The first kappa shape index (κ1) is 13.2. The second kappa shape index (κ2) is 5.46. The Labute approximate surface area is 95.4 Å². The van der Waals surface area contributed by atoms with Gasteiger partial charge in [0.1, 0.15) is 13.0 Å². The van der Waals surface area contributed by atoms with E-state index in [9.17, 15) is 18.9 Å². The molecule has 0 saturated heterocycles. The third-order valence-corrected chi connectivity index (χ3v) is 2.59. The Morgan fingerprint density at radius 1 is 1.53 bits per heavy atom. The Bertz CT molecular complexity index is 404. The van der Waals surface area contributed by atoms with Gasteiger partial charge in [0.05, 0.1) is 11.0 Å². The third kappa shape index (κ3) is 2.63. The van der Waals surface area contributed by atoms with Crippen molar-refractivity contribution in [2.75, 3.05) is 0 Å². The van der Waals surface area contributed by atoms with Crippen LogP contribution in [0.15, 0.2) is 6.20 Å². The second-order valence-electron chi connectivity index (χ2n) is 3.52. The quantitative estimate of drug-likeness (QED) is 0.606. The lowest BCUT2D eigenvalue weighted by Gasteiger charge is -2.25. The predicted octanol–water partition coefficient (Wildman–Crippen LogP) is 2.27. The van der Waals surface area contributed by atoms with E-state index in [4.69, 9.17) is 4.79 Å². The molecule has 8 heteroatoms. The van der Waals surface area contributed by atoms with E-state index in [1.165, 1.54) is 4.68 Å². The number of nitrogens with zero attached hydrogens (tertiary/aromatic N) is 3. The molecular formula is C9H11F2N3O3. The van der Waals surface area contributed by atoms with Gasteiger partial charge in [0.25, 0.3) is 6.43 Å². The summed E-state index contributed by atoms with van der Waals surface area (Å²) in [6, 6.07) is 0.0520. The van der Waals surface area contributed by atoms with Crippen LogP contribution in [0.4, 0.5) is 14.5 Å². The topological polar surface area (TPSA) is 78.0 Å². The number of alkyl halides is 2. The van der Waals surface area contributed by atoms with Crippen LogP contribution in [0.5, 0.6) is 0 Å². The van der Waals surface area contributed by atoms with Gasteiger partial charge in [-0.25, -0.2) is 8.78 Å². The lowest BCUT2D eigenvalue weighted by Crippen LogP contribution is -2.17. The van der Waals surface area contributed by atoms with Crippen molar-refractivity contribution in [1.29, 1.82) is 0 Å². The summed E-state index contributed by atoms with van der Waals surface area (Å²) in [4.78, 5) is 17.7. The zero-order chi connectivity index (χ0) is 13.0. The van der Waals surface area contributed by atoms with Crippen molar-refractivity contribution < 1.29 is 18.5 Å². The Balaban J connectivity index is 0.000000686. The summed E-state index contributed by atoms with van der Waals surface area (Å²) in [6.07, 6.45) is 0.920. The number of nitro groups is 1. The molecule has 0 spiro atoms. The molecule has 94 valence electrons. The second-order valence-corrected chi connectivity index (χ2v) is 3.52. The fourth-order valence-electron chi connectivity index (χ4n) is 1.53. The highest BCUT2D eigenvalue weighted by atomic mass is 19.3. The van der Waals surface area contributed by atoms with Crippen molar-refractivity contribution in [3.63, 3.8) is 0 Å². The fourth-order valence-corrected chi connectivity index (χ4v) is 1.53. The molecule has 0 amide bonds. The van der Waals surface area contributed by atoms with Gasteiger partial charge < -0.3 is 4.79 Å². The van der Waals surface area contributed by atoms with Crippen molar-refractivity contribution in [3.05, 3.63) is 22.0 Å². The minimum Gasteiger partial charge on any atom is -0.307 e. The van der Waals surface area contributed by atoms with E-state index in [2.05, 4.69) is 5.10 Å². The summed E-state index contributed by atoms with van der Waals surface area (Å²) < 4.78 is 26.1. The molecule has 1 aliphatic rings. The molecule has 0 bridgehead atoms. The normalized spacial score (nSPS) is 15.0. The Morgan fingerprint density at radius 3 is 2.41 bits per heavy atom. The first-order chi connectivity index (χ1) is 8.09. The van der Waals surface area contributed by atoms with Gasteiger partial charge in [-0.15, -0.1) is 0 Å². The molecule has 6 nitrogen and oxygen atoms in total. The molecule has 1 fully saturated rings. The largest absolute Gasteiger partial charge is 0.316 e. The van der Waals surface area contributed by atoms with E-state index in [-0.39, 0.29) is 6.04 Å². The molecule has 1 aliphatic carbocycles. The molecule has 0 radical (unpaired) electrons. The fraction of sp³-hybridized carbons (Fsp3) is 0.556. The summed E-state index contributed by atoms with van der Waals surface area (Å²) in [7, 11) is 0. The summed E-state index contributed by atoms with van der Waals surface area (Å²) in [6.45, 7) is 2.00. The average molecular weight is 247 g/mol. The van der Waals surface area contributed by atoms with Crippen LogP contribution in [0.2, 0.25) is 0 Å². The zero-order valence-electron chi connectivity index (χ0n) is 8.88. The molecular weight excluding hydrogens is 236 g/mol. The number of rotatable bonds is 3. The van der Waals surface area contributed by atoms with Crippen LogP contribution < -0.4 is 0 Å². The number of carbonyl (C=O) groups is 1. The number of carbonyl (C=O) groups excluding carboxylic acids is 1. The van der Waals surface area contributed by atoms with Crippen molar-refractivity contribution in [2.45, 2.75) is 31.7 Å². The summed E-state index contributed by atoms with van der Waals surface area (Å²) in [5, 5.41) is 14.1. The zero-order valence-corrected chi connectivity index (χ0v) is 8.88. The Hall–Kier alpha value is -1.86. The predicted molar refractivity (Wildman–Crippen MR) is 53.8 cm³/mol. The minimum atomic E-state index is -2.90. The maximum atomic E-state index is 12.4. The molecule has 2 rings (SSSR count). The molecule has 0 aromatic carbocycles. The van der Waals surface area contributed by atoms with Crippen LogP contribution in [-0.4, -0.2) is 21.5 Å². The summed E-state index contributed by atoms with van der Waals surface area (Å²) in [5.74, 6) is 0. The summed E-state index contributed by atoms with van der Waals surface area (Å²) >= 11 is 0. The lowest BCUT2D eigenvalue weighted by atomic mass is 9.93. The van der Waals surface area contributed by atoms with Gasteiger partial charge >= 0.3 is 5.69 Å². The van der Waals surface area contributed by atoms with Gasteiger partial charge in [-0.3, -0.25) is 14.8 Å². The average Bonchev–Trinajstić information content (AvgIpc) is 2.63. The van der Waals surface area contributed by atoms with Crippen molar-refractivity contribution in [3.8, 4) is 0 Å². The van der Waals surface area contributed by atoms with E-state index in [1.54, 1.807) is 0 Å². The van der Waals surface area contributed by atoms with E-state index < -0.39 is 22.7 Å². The van der Waals surface area contributed by atoms with Gasteiger partial charge in [0, 0.05) is 0 Å². The smallest absolute Gasteiger partial charge is 0.307 e. The van der Waals surface area contributed by atoms with Gasteiger partial charge in [0.15, 0.2) is 0 Å². The van der Waals surface area contributed by atoms with E-state index in [0.29, 0.717) is 0 Å². The highest BCUT2D eigenvalue weighted by molar-refractivity contribution is 5.33. The number of hydrogen-bond donors (Lipinski definition) is 0. The van der Waals surface area contributed by atoms with Crippen molar-refractivity contribution in [2.24, 2.45) is 0 Å². The number of aromatic nitrogens is 2. The summed E-state index contributed by atoms with van der Waals surface area (Å²) in [5.41, 5.74) is -1.32. The Morgan fingerprint density at radius 2 is 2.12 bits per heavy atom. The van der Waals surface area contributed by atoms with Crippen LogP contribution in [0.1, 0.15) is 37.4 Å². The molecule has 1 aromatic heterocycles. The monoisotopic (exact) mass is 247 g/mol. The molecule has 0 atom stereocenters. The molecule has 1 aromatic rings. The van der Waals surface area contributed by atoms with E-state index >= 15 is 0 Å². The lowest BCUT2D eigenvalue weighted by molar-refractivity contribution is -0.386. The molecule has 0 N–H and O–H groups in total. The van der Waals surface area contributed by atoms with Crippen molar-refractivity contribution >= 4 is 12.5 Å². The maximum Gasteiger partial charge on any atom is 0.316 e.